The van der Waals surface area contributed by atoms with Crippen LogP contribution in [0.25, 0.3) is 10.9 Å². The Hall–Kier alpha value is -1.65. The standard InChI is InChI=1S/C20H29N3O/c1-14-9-15(2)19-16(10-14)11-17(20(24)21-19)12-23-8-6-5-7-18(13-23)22(3)4/h9-11,18H,5-8,12-13H2,1-4H3,(H,21,24)/t18-/m0/s1. The minimum absolute atomic E-state index is 0.0557. The SMILES string of the molecule is Cc1cc(C)c2[nH]c(=O)c(CN3CCCC[C@H](N(C)C)C3)cc2c1. The molecule has 1 atom stereocenters. The number of pyridine rings is 1. The van der Waals surface area contributed by atoms with E-state index in [4.69, 9.17) is 0 Å². The van der Waals surface area contributed by atoms with E-state index in [-0.39, 0.29) is 5.56 Å². The number of likely N-dealkylation sites (N-methyl/N-ethyl adjacent to an activating group) is 1. The average Bonchev–Trinajstić information content (AvgIpc) is 2.75. The van der Waals surface area contributed by atoms with Gasteiger partial charge >= 0.3 is 0 Å². The van der Waals surface area contributed by atoms with Gasteiger partial charge in [-0.1, -0.05) is 18.1 Å². The fraction of sp³-hybridized carbons (Fsp3) is 0.550. The van der Waals surface area contributed by atoms with Gasteiger partial charge in [0.2, 0.25) is 0 Å². The number of aromatic amines is 1. The van der Waals surface area contributed by atoms with Crippen LogP contribution in [0, 0.1) is 13.8 Å². The number of benzene rings is 1. The maximum Gasteiger partial charge on any atom is 0.252 e. The summed E-state index contributed by atoms with van der Waals surface area (Å²) in [4.78, 5) is 20.4. The van der Waals surface area contributed by atoms with Crippen LogP contribution in [0.15, 0.2) is 23.0 Å². The Balaban J connectivity index is 1.89. The molecule has 0 radical (unpaired) electrons. The van der Waals surface area contributed by atoms with Crippen molar-refractivity contribution in [1.29, 1.82) is 0 Å². The Morgan fingerprint density at radius 1 is 1.21 bits per heavy atom. The quantitative estimate of drug-likeness (QED) is 0.942. The molecule has 0 bridgehead atoms. The zero-order valence-corrected chi connectivity index (χ0v) is 15.4. The van der Waals surface area contributed by atoms with Crippen molar-refractivity contribution in [3.8, 4) is 0 Å². The molecule has 2 aromatic rings. The molecule has 0 unspecified atom stereocenters. The first-order valence-electron chi connectivity index (χ1n) is 8.96. The number of likely N-dealkylation sites (tertiary alicyclic amines) is 1. The highest BCUT2D eigenvalue weighted by Gasteiger charge is 2.20. The first-order chi connectivity index (χ1) is 11.4. The van der Waals surface area contributed by atoms with Gasteiger partial charge in [0, 0.05) is 24.7 Å². The fourth-order valence-corrected chi connectivity index (χ4v) is 3.85. The Morgan fingerprint density at radius 2 is 2.00 bits per heavy atom. The summed E-state index contributed by atoms with van der Waals surface area (Å²) in [7, 11) is 4.31. The lowest BCUT2D eigenvalue weighted by Gasteiger charge is -2.28. The largest absolute Gasteiger partial charge is 0.321 e. The summed E-state index contributed by atoms with van der Waals surface area (Å²) in [6.45, 7) is 7.02. The molecule has 0 spiro atoms. The lowest BCUT2D eigenvalue weighted by Crippen LogP contribution is -2.39. The predicted octanol–water partition coefficient (Wildman–Crippen LogP) is 3.06. The minimum Gasteiger partial charge on any atom is -0.321 e. The molecule has 3 rings (SSSR count). The Morgan fingerprint density at radius 3 is 2.75 bits per heavy atom. The van der Waals surface area contributed by atoms with E-state index in [0.717, 1.165) is 41.7 Å². The van der Waals surface area contributed by atoms with Crippen molar-refractivity contribution in [2.45, 2.75) is 45.7 Å². The van der Waals surface area contributed by atoms with Gasteiger partial charge in [-0.2, -0.15) is 0 Å². The second kappa shape index (κ2) is 7.08. The van der Waals surface area contributed by atoms with E-state index in [1.54, 1.807) is 0 Å². The second-order valence-corrected chi connectivity index (χ2v) is 7.52. The molecule has 1 aliphatic heterocycles. The van der Waals surface area contributed by atoms with Crippen LogP contribution >= 0.6 is 0 Å². The summed E-state index contributed by atoms with van der Waals surface area (Å²) in [5, 5.41) is 1.14. The summed E-state index contributed by atoms with van der Waals surface area (Å²) >= 11 is 0. The fourth-order valence-electron chi connectivity index (χ4n) is 3.85. The van der Waals surface area contributed by atoms with Gasteiger partial charge in [0.15, 0.2) is 0 Å². The molecule has 4 heteroatoms. The van der Waals surface area contributed by atoms with E-state index in [9.17, 15) is 4.79 Å². The Bertz CT molecular complexity index is 778. The molecule has 130 valence electrons. The molecule has 2 heterocycles. The second-order valence-electron chi connectivity index (χ2n) is 7.52. The van der Waals surface area contributed by atoms with Crippen molar-refractivity contribution >= 4 is 10.9 Å². The molecule has 1 aromatic carbocycles. The highest BCUT2D eigenvalue weighted by atomic mass is 16.1. The van der Waals surface area contributed by atoms with Crippen LogP contribution in [0.3, 0.4) is 0 Å². The number of hydrogen-bond acceptors (Lipinski definition) is 3. The van der Waals surface area contributed by atoms with Crippen LogP contribution in [-0.4, -0.2) is 48.0 Å². The number of nitrogens with zero attached hydrogens (tertiary/aromatic N) is 2. The molecule has 0 amide bonds. The lowest BCUT2D eigenvalue weighted by molar-refractivity contribution is 0.191. The van der Waals surface area contributed by atoms with Crippen molar-refractivity contribution in [1.82, 2.24) is 14.8 Å². The zero-order chi connectivity index (χ0) is 17.3. The smallest absolute Gasteiger partial charge is 0.252 e. The maximum absolute atomic E-state index is 12.6. The van der Waals surface area contributed by atoms with Gasteiger partial charge in [0.05, 0.1) is 5.52 Å². The number of hydrogen-bond donors (Lipinski definition) is 1. The number of aryl methyl sites for hydroxylation is 2. The topological polar surface area (TPSA) is 39.3 Å². The highest BCUT2D eigenvalue weighted by Crippen LogP contribution is 2.20. The van der Waals surface area contributed by atoms with Crippen molar-refractivity contribution in [3.05, 3.63) is 45.2 Å². The Kier molecular flexibility index (Phi) is 5.07. The van der Waals surface area contributed by atoms with Gasteiger partial charge in [-0.05, 0) is 70.4 Å². The summed E-state index contributed by atoms with van der Waals surface area (Å²) in [6, 6.07) is 6.95. The number of nitrogens with one attached hydrogen (secondary N) is 1. The van der Waals surface area contributed by atoms with Crippen LogP contribution < -0.4 is 5.56 Å². The van der Waals surface area contributed by atoms with Crippen molar-refractivity contribution < 1.29 is 0 Å². The summed E-state index contributed by atoms with van der Waals surface area (Å²) in [6.07, 6.45) is 3.73. The van der Waals surface area contributed by atoms with Gasteiger partial charge < -0.3 is 9.88 Å². The van der Waals surface area contributed by atoms with Gasteiger partial charge in [0.25, 0.3) is 5.56 Å². The van der Waals surface area contributed by atoms with Crippen LogP contribution in [0.4, 0.5) is 0 Å². The van der Waals surface area contributed by atoms with Crippen LogP contribution in [0.5, 0.6) is 0 Å². The third-order valence-electron chi connectivity index (χ3n) is 5.23. The van der Waals surface area contributed by atoms with E-state index < -0.39 is 0 Å². The first kappa shape index (κ1) is 17.2. The molecule has 1 N–H and O–H groups in total. The molecule has 1 saturated heterocycles. The third kappa shape index (κ3) is 3.70. The number of aromatic nitrogens is 1. The minimum atomic E-state index is 0.0557. The van der Waals surface area contributed by atoms with Crippen molar-refractivity contribution in [3.63, 3.8) is 0 Å². The van der Waals surface area contributed by atoms with Crippen LogP contribution in [-0.2, 0) is 6.54 Å². The monoisotopic (exact) mass is 327 g/mol. The van der Waals surface area contributed by atoms with Gasteiger partial charge in [-0.3, -0.25) is 9.69 Å². The molecule has 1 aliphatic rings. The molecule has 4 nitrogen and oxygen atoms in total. The summed E-state index contributed by atoms with van der Waals surface area (Å²) < 4.78 is 0. The van der Waals surface area contributed by atoms with E-state index in [2.05, 4.69) is 60.9 Å². The number of rotatable bonds is 3. The summed E-state index contributed by atoms with van der Waals surface area (Å²) in [5.74, 6) is 0. The van der Waals surface area contributed by atoms with E-state index in [0.29, 0.717) is 6.04 Å². The van der Waals surface area contributed by atoms with Crippen molar-refractivity contribution in [2.24, 2.45) is 0 Å². The molecule has 0 aliphatic carbocycles. The zero-order valence-electron chi connectivity index (χ0n) is 15.4. The molecular weight excluding hydrogens is 298 g/mol. The van der Waals surface area contributed by atoms with Crippen LogP contribution in [0.2, 0.25) is 0 Å². The number of H-pyrrole nitrogens is 1. The van der Waals surface area contributed by atoms with Crippen LogP contribution in [0.1, 0.15) is 36.0 Å². The normalized spacial score (nSPS) is 19.8. The summed E-state index contributed by atoms with van der Waals surface area (Å²) in [5.41, 5.74) is 4.28. The first-order valence-corrected chi connectivity index (χ1v) is 8.96. The van der Waals surface area contributed by atoms with Gasteiger partial charge in [-0.25, -0.2) is 0 Å². The molecule has 24 heavy (non-hydrogen) atoms. The van der Waals surface area contributed by atoms with Gasteiger partial charge in [-0.15, -0.1) is 0 Å². The van der Waals surface area contributed by atoms with Crippen molar-refractivity contribution in [2.75, 3.05) is 27.2 Å². The third-order valence-corrected chi connectivity index (χ3v) is 5.23. The molecule has 1 fully saturated rings. The van der Waals surface area contributed by atoms with E-state index in [1.807, 2.05) is 0 Å². The molecule has 0 saturated carbocycles. The molecule has 1 aromatic heterocycles. The lowest BCUT2D eigenvalue weighted by atomic mass is 10.0. The van der Waals surface area contributed by atoms with E-state index >= 15 is 0 Å². The number of fused-ring (bicyclic) bond motifs is 1. The van der Waals surface area contributed by atoms with Gasteiger partial charge in [0.1, 0.15) is 0 Å². The maximum atomic E-state index is 12.6. The highest BCUT2D eigenvalue weighted by molar-refractivity contribution is 5.82. The average molecular weight is 327 g/mol. The molecular formula is C20H29N3O. The Labute approximate surface area is 144 Å². The predicted molar refractivity (Wildman–Crippen MR) is 101 cm³/mol. The van der Waals surface area contributed by atoms with E-state index in [1.165, 1.54) is 24.8 Å².